The van der Waals surface area contributed by atoms with E-state index in [-0.39, 0.29) is 18.0 Å². The van der Waals surface area contributed by atoms with Crippen LogP contribution in [0, 0.1) is 0 Å². The van der Waals surface area contributed by atoms with E-state index in [1.54, 1.807) is 6.20 Å². The highest BCUT2D eigenvalue weighted by molar-refractivity contribution is 5.78. The van der Waals surface area contributed by atoms with Crippen molar-refractivity contribution in [3.63, 3.8) is 0 Å². The molecule has 1 fully saturated rings. The van der Waals surface area contributed by atoms with E-state index >= 15 is 0 Å². The molecule has 17 heavy (non-hydrogen) atoms. The molecule has 0 bridgehead atoms. The van der Waals surface area contributed by atoms with E-state index < -0.39 is 0 Å². The molecule has 0 spiro atoms. The van der Waals surface area contributed by atoms with Crippen LogP contribution in [0.3, 0.4) is 0 Å². The van der Waals surface area contributed by atoms with E-state index in [0.717, 1.165) is 25.1 Å². The van der Waals surface area contributed by atoms with Crippen LogP contribution >= 0.6 is 0 Å². The quantitative estimate of drug-likeness (QED) is 0.810. The van der Waals surface area contributed by atoms with E-state index in [1.807, 2.05) is 17.9 Å². The van der Waals surface area contributed by atoms with Gasteiger partial charge in [-0.15, -0.1) is 0 Å². The summed E-state index contributed by atoms with van der Waals surface area (Å²) >= 11 is 0. The lowest BCUT2D eigenvalue weighted by molar-refractivity contribution is -0.134. The van der Waals surface area contributed by atoms with Crippen LogP contribution in [0.1, 0.15) is 31.9 Å². The molecule has 1 aliphatic heterocycles. The maximum absolute atomic E-state index is 12.2. The highest BCUT2D eigenvalue weighted by Gasteiger charge is 2.29. The molecule has 0 saturated carbocycles. The Bertz CT molecular complexity index is 361. The fraction of sp³-hybridized carbons (Fsp3) is 0.667. The van der Waals surface area contributed by atoms with Gasteiger partial charge in [0.05, 0.1) is 6.42 Å². The molecule has 1 aromatic rings. The molecule has 1 aliphatic rings. The first-order valence-corrected chi connectivity index (χ1v) is 6.22. The van der Waals surface area contributed by atoms with Crippen LogP contribution in [0.15, 0.2) is 12.3 Å². The summed E-state index contributed by atoms with van der Waals surface area (Å²) < 4.78 is 0. The van der Waals surface area contributed by atoms with Gasteiger partial charge in [0.15, 0.2) is 0 Å². The maximum Gasteiger partial charge on any atom is 0.228 e. The number of rotatable bonds is 3. The second-order valence-corrected chi connectivity index (χ2v) is 4.77. The number of carbonyl (C=O) groups is 1. The van der Waals surface area contributed by atoms with Crippen LogP contribution in [-0.4, -0.2) is 39.6 Å². The van der Waals surface area contributed by atoms with E-state index in [2.05, 4.69) is 10.2 Å². The minimum Gasteiger partial charge on any atom is -0.338 e. The highest BCUT2D eigenvalue weighted by Crippen LogP contribution is 2.19. The lowest BCUT2D eigenvalue weighted by atomic mass is 9.96. The van der Waals surface area contributed by atoms with Crippen LogP contribution < -0.4 is 5.73 Å². The molecular formula is C12H20N4O. The van der Waals surface area contributed by atoms with Crippen molar-refractivity contribution in [2.75, 3.05) is 6.54 Å². The number of nitrogens with zero attached hydrogens (tertiary/aromatic N) is 2. The average molecular weight is 236 g/mol. The van der Waals surface area contributed by atoms with Gasteiger partial charge in [-0.3, -0.25) is 9.89 Å². The van der Waals surface area contributed by atoms with Crippen molar-refractivity contribution in [1.82, 2.24) is 15.1 Å². The van der Waals surface area contributed by atoms with E-state index in [4.69, 9.17) is 5.73 Å². The van der Waals surface area contributed by atoms with Gasteiger partial charge in [-0.05, 0) is 32.3 Å². The smallest absolute Gasteiger partial charge is 0.228 e. The summed E-state index contributed by atoms with van der Waals surface area (Å²) in [6, 6.07) is 2.07. The number of aromatic nitrogens is 2. The number of hydrogen-bond donors (Lipinski definition) is 2. The highest BCUT2D eigenvalue weighted by atomic mass is 16.2. The standard InChI is InChI=1S/C12H20N4O/c1-9(13)11-4-2-3-7-16(11)12(17)8-10-5-6-14-15-10/h5-6,9,11H,2-4,7-8,13H2,1H3,(H,14,15). The minimum atomic E-state index is 0.0426. The van der Waals surface area contributed by atoms with Gasteiger partial charge in [-0.2, -0.15) is 5.10 Å². The van der Waals surface area contributed by atoms with Gasteiger partial charge in [-0.25, -0.2) is 0 Å². The zero-order valence-electron chi connectivity index (χ0n) is 10.2. The third-order valence-corrected chi connectivity index (χ3v) is 3.38. The van der Waals surface area contributed by atoms with E-state index in [1.165, 1.54) is 6.42 Å². The Morgan fingerprint density at radius 2 is 2.53 bits per heavy atom. The van der Waals surface area contributed by atoms with E-state index in [0.29, 0.717) is 6.42 Å². The van der Waals surface area contributed by atoms with Crippen LogP contribution in [-0.2, 0) is 11.2 Å². The number of H-pyrrole nitrogens is 1. The van der Waals surface area contributed by atoms with Crippen molar-refractivity contribution >= 4 is 5.91 Å². The summed E-state index contributed by atoms with van der Waals surface area (Å²) in [7, 11) is 0. The average Bonchev–Trinajstić information content (AvgIpc) is 2.81. The second-order valence-electron chi connectivity index (χ2n) is 4.77. The first-order valence-electron chi connectivity index (χ1n) is 6.22. The molecule has 2 atom stereocenters. The Labute approximate surface area is 101 Å². The molecule has 0 radical (unpaired) electrons. The Morgan fingerprint density at radius 3 is 3.18 bits per heavy atom. The molecule has 1 amide bonds. The van der Waals surface area contributed by atoms with Gasteiger partial charge in [0, 0.05) is 30.5 Å². The summed E-state index contributed by atoms with van der Waals surface area (Å²) in [5, 5.41) is 6.68. The molecule has 2 unspecified atom stereocenters. The van der Waals surface area contributed by atoms with Crippen LogP contribution in [0.4, 0.5) is 0 Å². The summed E-state index contributed by atoms with van der Waals surface area (Å²) in [5.41, 5.74) is 6.82. The van der Waals surface area contributed by atoms with Gasteiger partial charge < -0.3 is 10.6 Å². The summed E-state index contributed by atoms with van der Waals surface area (Å²) in [6.45, 7) is 2.81. The lowest BCUT2D eigenvalue weighted by Crippen LogP contribution is -2.52. The molecule has 5 nitrogen and oxygen atoms in total. The summed E-state index contributed by atoms with van der Waals surface area (Å²) in [6.07, 6.45) is 5.33. The molecule has 0 aliphatic carbocycles. The number of piperidine rings is 1. The second kappa shape index (κ2) is 5.31. The SMILES string of the molecule is CC(N)C1CCCCN1C(=O)Cc1ccn[nH]1. The van der Waals surface area contributed by atoms with Crippen LogP contribution in [0.25, 0.3) is 0 Å². The van der Waals surface area contributed by atoms with Crippen molar-refractivity contribution in [3.05, 3.63) is 18.0 Å². The van der Waals surface area contributed by atoms with Crippen LogP contribution in [0.2, 0.25) is 0 Å². The lowest BCUT2D eigenvalue weighted by Gasteiger charge is -2.38. The molecule has 2 rings (SSSR count). The Kier molecular flexibility index (Phi) is 3.78. The van der Waals surface area contributed by atoms with Crippen molar-refractivity contribution in [2.24, 2.45) is 5.73 Å². The number of likely N-dealkylation sites (tertiary alicyclic amines) is 1. The number of hydrogen-bond acceptors (Lipinski definition) is 3. The molecule has 1 saturated heterocycles. The maximum atomic E-state index is 12.2. The van der Waals surface area contributed by atoms with Gasteiger partial charge in [0.2, 0.25) is 5.91 Å². The number of aromatic amines is 1. The predicted octanol–water partition coefficient (Wildman–Crippen LogP) is 0.680. The third-order valence-electron chi connectivity index (χ3n) is 3.38. The molecule has 5 heteroatoms. The predicted molar refractivity (Wildman–Crippen MR) is 65.3 cm³/mol. The molecule has 0 aromatic carbocycles. The topological polar surface area (TPSA) is 75.0 Å². The molecule has 1 aromatic heterocycles. The van der Waals surface area contributed by atoms with E-state index in [9.17, 15) is 4.79 Å². The number of nitrogens with one attached hydrogen (secondary N) is 1. The summed E-state index contributed by atoms with van der Waals surface area (Å²) in [5.74, 6) is 0.149. The zero-order chi connectivity index (χ0) is 12.3. The van der Waals surface area contributed by atoms with Crippen molar-refractivity contribution in [1.29, 1.82) is 0 Å². The van der Waals surface area contributed by atoms with Gasteiger partial charge in [0.1, 0.15) is 0 Å². The van der Waals surface area contributed by atoms with Gasteiger partial charge in [-0.1, -0.05) is 0 Å². The minimum absolute atomic E-state index is 0.0426. The third kappa shape index (κ3) is 2.85. The fourth-order valence-electron chi connectivity index (χ4n) is 2.46. The number of carbonyl (C=O) groups excluding carboxylic acids is 1. The Hall–Kier alpha value is -1.36. The van der Waals surface area contributed by atoms with Crippen molar-refractivity contribution < 1.29 is 4.79 Å². The zero-order valence-corrected chi connectivity index (χ0v) is 10.2. The fourth-order valence-corrected chi connectivity index (χ4v) is 2.46. The largest absolute Gasteiger partial charge is 0.338 e. The molecule has 94 valence electrons. The summed E-state index contributed by atoms with van der Waals surface area (Å²) in [4.78, 5) is 14.1. The number of amides is 1. The van der Waals surface area contributed by atoms with Crippen LogP contribution in [0.5, 0.6) is 0 Å². The first-order chi connectivity index (χ1) is 8.18. The normalized spacial score (nSPS) is 22.5. The molecule has 2 heterocycles. The Balaban J connectivity index is 2.01. The first kappa shape index (κ1) is 12.1. The van der Waals surface area contributed by atoms with Gasteiger partial charge >= 0.3 is 0 Å². The molecular weight excluding hydrogens is 216 g/mol. The van der Waals surface area contributed by atoms with Gasteiger partial charge in [0.25, 0.3) is 0 Å². The van der Waals surface area contributed by atoms with Crippen molar-refractivity contribution in [2.45, 2.75) is 44.7 Å². The monoisotopic (exact) mass is 236 g/mol. The van der Waals surface area contributed by atoms with Crippen molar-refractivity contribution in [3.8, 4) is 0 Å². The molecule has 3 N–H and O–H groups in total. The Morgan fingerprint density at radius 1 is 1.71 bits per heavy atom. The number of nitrogens with two attached hydrogens (primary N) is 1.